The number of hydrogen-bond acceptors (Lipinski definition) is 6. The zero-order valence-corrected chi connectivity index (χ0v) is 10.4. The van der Waals surface area contributed by atoms with Gasteiger partial charge in [-0.15, -0.1) is 5.10 Å². The third-order valence-electron chi connectivity index (χ3n) is 2.55. The highest BCUT2D eigenvalue weighted by atomic mass is 32.2. The molecule has 1 aromatic rings. The van der Waals surface area contributed by atoms with E-state index in [0.717, 1.165) is 10.9 Å². The Kier molecular flexibility index (Phi) is 4.14. The molecular formula is C9H17N5OS. The maximum absolute atomic E-state index is 5.12. The van der Waals surface area contributed by atoms with Crippen molar-refractivity contribution < 1.29 is 4.74 Å². The summed E-state index contributed by atoms with van der Waals surface area (Å²) in [5.41, 5.74) is 0. The molecule has 1 unspecified atom stereocenters. The van der Waals surface area contributed by atoms with Gasteiger partial charge >= 0.3 is 0 Å². The molecule has 1 aromatic heterocycles. The van der Waals surface area contributed by atoms with Crippen molar-refractivity contribution in [1.82, 2.24) is 25.5 Å². The van der Waals surface area contributed by atoms with Crippen LogP contribution in [0.1, 0.15) is 18.9 Å². The molecule has 0 saturated heterocycles. The van der Waals surface area contributed by atoms with Gasteiger partial charge in [-0.1, -0.05) is 11.8 Å². The topological polar surface area (TPSA) is 64.9 Å². The van der Waals surface area contributed by atoms with Gasteiger partial charge in [-0.3, -0.25) is 0 Å². The number of ether oxygens (including phenoxy) is 1. The van der Waals surface area contributed by atoms with Crippen molar-refractivity contribution >= 4 is 11.8 Å². The summed E-state index contributed by atoms with van der Waals surface area (Å²) in [4.78, 5) is 0. The largest absolute Gasteiger partial charge is 0.383 e. The van der Waals surface area contributed by atoms with Crippen LogP contribution in [0.5, 0.6) is 0 Å². The Labute approximate surface area is 99.1 Å². The van der Waals surface area contributed by atoms with Gasteiger partial charge in [-0.2, -0.15) is 0 Å². The second-order valence-electron chi connectivity index (χ2n) is 3.89. The number of thioether (sulfide) groups is 1. The molecule has 2 rings (SSSR count). The molecule has 1 saturated carbocycles. The van der Waals surface area contributed by atoms with Gasteiger partial charge in [0.15, 0.2) is 0 Å². The molecule has 16 heavy (non-hydrogen) atoms. The van der Waals surface area contributed by atoms with Crippen LogP contribution in [0.25, 0.3) is 0 Å². The van der Waals surface area contributed by atoms with Gasteiger partial charge in [-0.25, -0.2) is 4.68 Å². The molecule has 1 aliphatic rings. The zero-order chi connectivity index (χ0) is 11.4. The molecule has 1 heterocycles. The molecule has 0 amide bonds. The molecule has 1 N–H and O–H groups in total. The van der Waals surface area contributed by atoms with Crippen molar-refractivity contribution in [1.29, 1.82) is 0 Å². The van der Waals surface area contributed by atoms with Crippen LogP contribution < -0.4 is 5.32 Å². The lowest BCUT2D eigenvalue weighted by atomic mass is 10.4. The predicted molar refractivity (Wildman–Crippen MR) is 61.5 cm³/mol. The quantitative estimate of drug-likeness (QED) is 0.696. The fraction of sp³-hybridized carbons (Fsp3) is 0.889. The number of aromatic nitrogens is 4. The lowest BCUT2D eigenvalue weighted by Gasteiger charge is -2.13. The molecule has 6 nitrogen and oxygen atoms in total. The Morgan fingerprint density at radius 1 is 1.62 bits per heavy atom. The monoisotopic (exact) mass is 243 g/mol. The van der Waals surface area contributed by atoms with E-state index >= 15 is 0 Å². The van der Waals surface area contributed by atoms with Crippen molar-refractivity contribution in [2.75, 3.05) is 26.5 Å². The van der Waals surface area contributed by atoms with Crippen molar-refractivity contribution in [3.8, 4) is 0 Å². The third kappa shape index (κ3) is 2.93. The molecule has 1 fully saturated rings. The third-order valence-corrected chi connectivity index (χ3v) is 3.64. The van der Waals surface area contributed by atoms with Crippen LogP contribution in [0.3, 0.4) is 0 Å². The maximum Gasteiger partial charge on any atom is 0.209 e. The molecule has 0 spiro atoms. The Bertz CT molecular complexity index is 327. The van der Waals surface area contributed by atoms with Crippen molar-refractivity contribution in [2.24, 2.45) is 0 Å². The summed E-state index contributed by atoms with van der Waals surface area (Å²) in [6.45, 7) is 0.703. The molecule has 0 aromatic carbocycles. The molecule has 7 heteroatoms. The maximum atomic E-state index is 5.12. The number of rotatable bonds is 7. The van der Waals surface area contributed by atoms with Crippen LogP contribution >= 0.6 is 11.8 Å². The first-order chi connectivity index (χ1) is 7.85. The summed E-state index contributed by atoms with van der Waals surface area (Å²) in [7, 11) is 3.65. The average Bonchev–Trinajstić information content (AvgIpc) is 3.04. The second kappa shape index (κ2) is 5.60. The summed E-state index contributed by atoms with van der Waals surface area (Å²) in [5, 5.41) is 15.9. The molecule has 0 aliphatic heterocycles. The first-order valence-electron chi connectivity index (χ1n) is 5.42. The number of nitrogens with zero attached hydrogens (tertiary/aromatic N) is 4. The van der Waals surface area contributed by atoms with E-state index < -0.39 is 0 Å². The Morgan fingerprint density at radius 3 is 3.06 bits per heavy atom. The fourth-order valence-electron chi connectivity index (χ4n) is 1.42. The van der Waals surface area contributed by atoms with E-state index in [-0.39, 0.29) is 0 Å². The highest BCUT2D eigenvalue weighted by Gasteiger charge is 2.28. The number of hydrogen-bond donors (Lipinski definition) is 1. The van der Waals surface area contributed by atoms with Crippen LogP contribution in [-0.4, -0.2) is 52.8 Å². The van der Waals surface area contributed by atoms with Gasteiger partial charge in [0.05, 0.1) is 12.6 Å². The lowest BCUT2D eigenvalue weighted by Crippen LogP contribution is -2.32. The molecule has 1 atom stereocenters. The van der Waals surface area contributed by atoms with Crippen LogP contribution in [0.15, 0.2) is 5.16 Å². The van der Waals surface area contributed by atoms with E-state index in [9.17, 15) is 0 Å². The fourth-order valence-corrected chi connectivity index (χ4v) is 2.45. The average molecular weight is 243 g/mol. The van der Waals surface area contributed by atoms with Gasteiger partial charge in [0.25, 0.3) is 0 Å². The van der Waals surface area contributed by atoms with E-state index in [0.29, 0.717) is 18.7 Å². The van der Waals surface area contributed by atoms with Crippen LogP contribution in [0, 0.1) is 0 Å². The first-order valence-corrected chi connectivity index (χ1v) is 6.40. The van der Waals surface area contributed by atoms with Crippen molar-refractivity contribution in [2.45, 2.75) is 30.1 Å². The van der Waals surface area contributed by atoms with Crippen molar-refractivity contribution in [3.05, 3.63) is 0 Å². The SMILES string of the molecule is CNC(COC)CSc1nnnn1C1CC1. The highest BCUT2D eigenvalue weighted by molar-refractivity contribution is 7.99. The van der Waals surface area contributed by atoms with Gasteiger partial charge in [0.2, 0.25) is 5.16 Å². The van der Waals surface area contributed by atoms with E-state index in [1.54, 1.807) is 18.9 Å². The van der Waals surface area contributed by atoms with Crippen LogP contribution in [0.2, 0.25) is 0 Å². The Balaban J connectivity index is 1.85. The molecule has 0 bridgehead atoms. The summed E-state index contributed by atoms with van der Waals surface area (Å²) in [6.07, 6.45) is 2.40. The second-order valence-corrected chi connectivity index (χ2v) is 4.88. The number of likely N-dealkylation sites (N-methyl/N-ethyl adjacent to an activating group) is 1. The molecule has 1 aliphatic carbocycles. The smallest absolute Gasteiger partial charge is 0.209 e. The van der Waals surface area contributed by atoms with E-state index in [1.165, 1.54) is 12.8 Å². The standard InChI is InChI=1S/C9H17N5OS/c1-10-7(5-15-2)6-16-9-11-12-13-14(9)8-3-4-8/h7-8,10H,3-6H2,1-2H3. The lowest BCUT2D eigenvalue weighted by molar-refractivity contribution is 0.177. The number of tetrazole rings is 1. The normalized spacial score (nSPS) is 17.6. The Hall–Kier alpha value is -0.660. The van der Waals surface area contributed by atoms with Gasteiger partial charge in [-0.05, 0) is 30.3 Å². The van der Waals surface area contributed by atoms with Crippen molar-refractivity contribution in [3.63, 3.8) is 0 Å². The van der Waals surface area contributed by atoms with Gasteiger partial charge in [0.1, 0.15) is 0 Å². The molecular weight excluding hydrogens is 226 g/mol. The predicted octanol–water partition coefficient (Wildman–Crippen LogP) is 0.334. The summed E-state index contributed by atoms with van der Waals surface area (Å²) in [5.74, 6) is 0.914. The minimum atomic E-state index is 0.333. The van der Waals surface area contributed by atoms with Crippen LogP contribution in [-0.2, 0) is 4.74 Å². The van der Waals surface area contributed by atoms with Gasteiger partial charge in [0, 0.05) is 18.9 Å². The van der Waals surface area contributed by atoms with E-state index in [1.807, 2.05) is 11.7 Å². The molecule has 90 valence electrons. The van der Waals surface area contributed by atoms with E-state index in [2.05, 4.69) is 20.8 Å². The summed E-state index contributed by atoms with van der Waals surface area (Å²) in [6, 6.07) is 0.868. The molecule has 0 radical (unpaired) electrons. The first kappa shape index (κ1) is 11.8. The highest BCUT2D eigenvalue weighted by Crippen LogP contribution is 2.36. The zero-order valence-electron chi connectivity index (χ0n) is 9.59. The summed E-state index contributed by atoms with van der Waals surface area (Å²) < 4.78 is 7.06. The number of nitrogens with one attached hydrogen (secondary N) is 1. The number of methoxy groups -OCH3 is 1. The summed E-state index contributed by atoms with van der Waals surface area (Å²) >= 11 is 1.68. The van der Waals surface area contributed by atoms with Crippen LogP contribution in [0.4, 0.5) is 0 Å². The van der Waals surface area contributed by atoms with E-state index in [4.69, 9.17) is 4.74 Å². The minimum Gasteiger partial charge on any atom is -0.383 e. The Morgan fingerprint density at radius 2 is 2.44 bits per heavy atom. The minimum absolute atomic E-state index is 0.333. The van der Waals surface area contributed by atoms with Gasteiger partial charge < -0.3 is 10.1 Å².